The average Bonchev–Trinajstić information content (AvgIpc) is 3.11. The number of hydrogen-bond donors (Lipinski definition) is 0. The summed E-state index contributed by atoms with van der Waals surface area (Å²) >= 11 is 0. The molecule has 5 rings (SSSR count). The second-order valence-corrected chi connectivity index (χ2v) is 7.17. The van der Waals surface area contributed by atoms with Crippen LogP contribution in [0.15, 0.2) is 78.9 Å². The Morgan fingerprint density at radius 2 is 1.63 bits per heavy atom. The number of amides is 1. The topological polar surface area (TPSA) is 38.1 Å². The van der Waals surface area contributed by atoms with E-state index in [1.54, 1.807) is 0 Å². The van der Waals surface area contributed by atoms with Gasteiger partial charge in [0.05, 0.1) is 16.6 Å². The van der Waals surface area contributed by atoms with Gasteiger partial charge in [-0.05, 0) is 35.9 Å². The SMILES string of the molecule is O=C1Cn2c(nc3ccccc32)C(c2ccccc2)N1c1cccc(C(F)(F)F)c1. The second-order valence-electron chi connectivity index (χ2n) is 7.17. The van der Waals surface area contributed by atoms with E-state index in [-0.39, 0.29) is 18.1 Å². The maximum absolute atomic E-state index is 13.3. The van der Waals surface area contributed by atoms with E-state index in [4.69, 9.17) is 4.98 Å². The summed E-state index contributed by atoms with van der Waals surface area (Å²) in [6.45, 7) is 0.00935. The van der Waals surface area contributed by atoms with Crippen molar-refractivity contribution in [2.24, 2.45) is 0 Å². The van der Waals surface area contributed by atoms with Crippen LogP contribution >= 0.6 is 0 Å². The fraction of sp³-hybridized carbons (Fsp3) is 0.130. The summed E-state index contributed by atoms with van der Waals surface area (Å²) in [5.41, 5.74) is 1.75. The summed E-state index contributed by atoms with van der Waals surface area (Å²) in [5, 5.41) is 0. The molecule has 1 amide bonds. The van der Waals surface area contributed by atoms with Gasteiger partial charge in [0, 0.05) is 5.69 Å². The van der Waals surface area contributed by atoms with Crippen LogP contribution in [0.3, 0.4) is 0 Å². The number of carbonyl (C=O) groups excluding carboxylic acids is 1. The monoisotopic (exact) mass is 407 g/mol. The molecule has 0 aliphatic carbocycles. The number of rotatable bonds is 2. The van der Waals surface area contributed by atoms with Crippen LogP contribution in [0.5, 0.6) is 0 Å². The van der Waals surface area contributed by atoms with Gasteiger partial charge in [0.25, 0.3) is 0 Å². The molecule has 2 heterocycles. The van der Waals surface area contributed by atoms with Crippen molar-refractivity contribution in [2.75, 3.05) is 4.90 Å². The van der Waals surface area contributed by atoms with Crippen molar-refractivity contribution in [3.63, 3.8) is 0 Å². The first-order chi connectivity index (χ1) is 14.4. The number of imidazole rings is 1. The van der Waals surface area contributed by atoms with E-state index < -0.39 is 17.8 Å². The summed E-state index contributed by atoms with van der Waals surface area (Å²) in [6.07, 6.45) is -4.50. The zero-order valence-electron chi connectivity index (χ0n) is 15.7. The Labute approximate surface area is 170 Å². The van der Waals surface area contributed by atoms with Crippen LogP contribution in [0.4, 0.5) is 18.9 Å². The lowest BCUT2D eigenvalue weighted by Crippen LogP contribution is -2.43. The molecule has 0 N–H and O–H groups in total. The standard InChI is InChI=1S/C23H16F3N3O/c24-23(25,26)16-9-6-10-17(13-16)29-20(30)14-28-19-12-5-4-11-18(19)27-22(28)21(29)15-7-2-1-3-8-15/h1-13,21H,14H2. The third-order valence-corrected chi connectivity index (χ3v) is 5.32. The van der Waals surface area contributed by atoms with Crippen molar-refractivity contribution in [1.29, 1.82) is 0 Å². The summed E-state index contributed by atoms with van der Waals surface area (Å²) in [4.78, 5) is 19.4. The summed E-state index contributed by atoms with van der Waals surface area (Å²) < 4.78 is 41.8. The van der Waals surface area contributed by atoms with E-state index >= 15 is 0 Å². The van der Waals surface area contributed by atoms with Gasteiger partial charge < -0.3 is 4.57 Å². The molecule has 1 aromatic heterocycles. The minimum atomic E-state index is -4.50. The lowest BCUT2D eigenvalue weighted by molar-refractivity contribution is -0.137. The molecular weight excluding hydrogens is 391 g/mol. The lowest BCUT2D eigenvalue weighted by atomic mass is 10.0. The molecule has 0 radical (unpaired) electrons. The van der Waals surface area contributed by atoms with Gasteiger partial charge in [-0.1, -0.05) is 48.5 Å². The van der Waals surface area contributed by atoms with Gasteiger partial charge in [-0.15, -0.1) is 0 Å². The largest absolute Gasteiger partial charge is 0.416 e. The first-order valence-electron chi connectivity index (χ1n) is 9.43. The molecule has 0 fully saturated rings. The predicted molar refractivity (Wildman–Crippen MR) is 107 cm³/mol. The van der Waals surface area contributed by atoms with Gasteiger partial charge in [-0.3, -0.25) is 9.69 Å². The molecule has 3 aromatic carbocycles. The number of halogens is 3. The van der Waals surface area contributed by atoms with Crippen molar-refractivity contribution in [2.45, 2.75) is 18.8 Å². The molecule has 7 heteroatoms. The first kappa shape index (κ1) is 18.4. The van der Waals surface area contributed by atoms with Crippen LogP contribution < -0.4 is 4.90 Å². The Morgan fingerprint density at radius 1 is 0.900 bits per heavy atom. The minimum absolute atomic E-state index is 0.00935. The van der Waals surface area contributed by atoms with Gasteiger partial charge in [0.1, 0.15) is 18.4 Å². The molecule has 1 aliphatic heterocycles. The van der Waals surface area contributed by atoms with E-state index in [0.717, 1.165) is 28.7 Å². The first-order valence-corrected chi connectivity index (χ1v) is 9.43. The number of fused-ring (bicyclic) bond motifs is 3. The Bertz CT molecular complexity index is 1250. The van der Waals surface area contributed by atoms with Crippen molar-refractivity contribution in [1.82, 2.24) is 9.55 Å². The number of nitrogens with zero attached hydrogens (tertiary/aromatic N) is 3. The van der Waals surface area contributed by atoms with Crippen LogP contribution in [0, 0.1) is 0 Å². The molecule has 0 bridgehead atoms. The fourth-order valence-electron chi connectivity index (χ4n) is 4.00. The Balaban J connectivity index is 1.74. The third kappa shape index (κ3) is 2.94. The van der Waals surface area contributed by atoms with Crippen LogP contribution in [0.1, 0.15) is 23.0 Å². The van der Waals surface area contributed by atoms with Crippen molar-refractivity contribution in [3.05, 3.63) is 95.8 Å². The number of carbonyl (C=O) groups is 1. The highest BCUT2D eigenvalue weighted by atomic mass is 19.4. The van der Waals surface area contributed by atoms with Crippen LogP contribution in [0.2, 0.25) is 0 Å². The second kappa shape index (κ2) is 6.73. The molecule has 4 nitrogen and oxygen atoms in total. The fourth-order valence-corrected chi connectivity index (χ4v) is 4.00. The molecular formula is C23H16F3N3O. The number of benzene rings is 3. The van der Waals surface area contributed by atoms with Crippen LogP contribution in [-0.2, 0) is 17.5 Å². The number of para-hydroxylation sites is 2. The highest BCUT2D eigenvalue weighted by Crippen LogP contribution is 2.39. The molecule has 0 saturated carbocycles. The molecule has 0 spiro atoms. The maximum Gasteiger partial charge on any atom is 0.416 e. The maximum atomic E-state index is 13.3. The molecule has 1 unspecified atom stereocenters. The number of aromatic nitrogens is 2. The van der Waals surface area contributed by atoms with E-state index in [1.165, 1.54) is 17.0 Å². The molecule has 150 valence electrons. The zero-order valence-corrected chi connectivity index (χ0v) is 15.7. The smallest absolute Gasteiger partial charge is 0.316 e. The number of alkyl halides is 3. The van der Waals surface area contributed by atoms with Crippen molar-refractivity contribution in [3.8, 4) is 0 Å². The molecule has 4 aromatic rings. The summed E-state index contributed by atoms with van der Waals surface area (Å²) in [6, 6.07) is 21.0. The van der Waals surface area contributed by atoms with E-state index in [9.17, 15) is 18.0 Å². The highest BCUT2D eigenvalue weighted by molar-refractivity contribution is 5.97. The number of hydrogen-bond acceptors (Lipinski definition) is 2. The van der Waals surface area contributed by atoms with Gasteiger partial charge >= 0.3 is 6.18 Å². The lowest BCUT2D eigenvalue weighted by Gasteiger charge is -2.36. The molecule has 1 aliphatic rings. The quantitative estimate of drug-likeness (QED) is 0.459. The van der Waals surface area contributed by atoms with E-state index in [2.05, 4.69) is 0 Å². The molecule has 1 atom stereocenters. The summed E-state index contributed by atoms with van der Waals surface area (Å²) in [5.74, 6) is 0.332. The minimum Gasteiger partial charge on any atom is -0.316 e. The predicted octanol–water partition coefficient (Wildman–Crippen LogP) is 5.19. The van der Waals surface area contributed by atoms with Gasteiger partial charge in [-0.2, -0.15) is 13.2 Å². The Hall–Kier alpha value is -3.61. The van der Waals surface area contributed by atoms with Crippen molar-refractivity contribution < 1.29 is 18.0 Å². The summed E-state index contributed by atoms with van der Waals surface area (Å²) in [7, 11) is 0. The zero-order chi connectivity index (χ0) is 20.9. The van der Waals surface area contributed by atoms with E-state index in [0.29, 0.717) is 5.82 Å². The van der Waals surface area contributed by atoms with Crippen LogP contribution in [0.25, 0.3) is 11.0 Å². The molecule has 30 heavy (non-hydrogen) atoms. The Kier molecular flexibility index (Phi) is 4.13. The van der Waals surface area contributed by atoms with Gasteiger partial charge in [0.15, 0.2) is 0 Å². The average molecular weight is 407 g/mol. The normalized spacial score (nSPS) is 16.7. The third-order valence-electron chi connectivity index (χ3n) is 5.32. The highest BCUT2D eigenvalue weighted by Gasteiger charge is 2.38. The van der Waals surface area contributed by atoms with Gasteiger partial charge in [0.2, 0.25) is 5.91 Å². The van der Waals surface area contributed by atoms with Crippen LogP contribution in [-0.4, -0.2) is 15.5 Å². The Morgan fingerprint density at radius 3 is 2.40 bits per heavy atom. The van der Waals surface area contributed by atoms with Crippen molar-refractivity contribution >= 4 is 22.6 Å². The van der Waals surface area contributed by atoms with E-state index in [1.807, 2.05) is 59.2 Å². The number of anilines is 1. The molecule has 0 saturated heterocycles. The van der Waals surface area contributed by atoms with Gasteiger partial charge in [-0.25, -0.2) is 4.98 Å².